The number of aliphatic imine (C=N–C) groups is 1. The highest BCUT2D eigenvalue weighted by molar-refractivity contribution is 7.14. The molecule has 8 nitrogen and oxygen atoms in total. The highest BCUT2D eigenvalue weighted by Gasteiger charge is 2.19. The molecule has 2 aromatic heterocycles. The zero-order valence-electron chi connectivity index (χ0n) is 17.3. The van der Waals surface area contributed by atoms with Gasteiger partial charge in [0.2, 0.25) is 17.8 Å². The first kappa shape index (κ1) is 20.2. The van der Waals surface area contributed by atoms with Gasteiger partial charge in [-0.2, -0.15) is 0 Å². The Morgan fingerprint density at radius 3 is 2.81 bits per heavy atom. The Morgan fingerprint density at radius 1 is 1.16 bits per heavy atom. The van der Waals surface area contributed by atoms with Crippen LogP contribution in [0.1, 0.15) is 30.3 Å². The molecular weight excluding hydrogens is 428 g/mol. The van der Waals surface area contributed by atoms with Crippen molar-refractivity contribution in [1.82, 2.24) is 14.8 Å². The van der Waals surface area contributed by atoms with Crippen LogP contribution in [0.3, 0.4) is 0 Å². The molecule has 3 heterocycles. The van der Waals surface area contributed by atoms with Crippen LogP contribution in [0.5, 0.6) is 17.4 Å². The van der Waals surface area contributed by atoms with Gasteiger partial charge in [-0.25, -0.2) is 9.56 Å². The first-order chi connectivity index (χ1) is 15.7. The summed E-state index contributed by atoms with van der Waals surface area (Å²) in [6.07, 6.45) is 4.53. The lowest BCUT2D eigenvalue weighted by molar-refractivity contribution is 0.174. The fourth-order valence-corrected chi connectivity index (χ4v) is 4.32. The molecule has 32 heavy (non-hydrogen) atoms. The summed E-state index contributed by atoms with van der Waals surface area (Å²) in [7, 11) is 0. The van der Waals surface area contributed by atoms with Crippen molar-refractivity contribution in [2.24, 2.45) is 4.99 Å². The molecule has 1 aliphatic heterocycles. The molecule has 0 aliphatic carbocycles. The molecule has 0 spiro atoms. The van der Waals surface area contributed by atoms with Crippen LogP contribution in [-0.4, -0.2) is 32.9 Å². The third-order valence-corrected chi connectivity index (χ3v) is 6.11. The van der Waals surface area contributed by atoms with Gasteiger partial charge in [0.15, 0.2) is 11.5 Å². The topological polar surface area (TPSA) is 98.8 Å². The second kappa shape index (κ2) is 8.43. The highest BCUT2D eigenvalue weighted by atomic mass is 32.1. The van der Waals surface area contributed by atoms with E-state index in [-0.39, 0.29) is 18.2 Å². The number of aromatic hydroxyl groups is 1. The lowest BCUT2D eigenvalue weighted by Crippen LogP contribution is -2.20. The van der Waals surface area contributed by atoms with E-state index in [9.17, 15) is 9.90 Å². The largest absolute Gasteiger partial charge is 0.494 e. The van der Waals surface area contributed by atoms with E-state index in [0.717, 1.165) is 24.3 Å². The van der Waals surface area contributed by atoms with Crippen molar-refractivity contribution >= 4 is 33.5 Å². The summed E-state index contributed by atoms with van der Waals surface area (Å²) in [6.45, 7) is 2.25. The Balaban J connectivity index is 1.62. The van der Waals surface area contributed by atoms with Gasteiger partial charge in [0.1, 0.15) is 5.01 Å². The molecular formula is C23H20N4O4S. The van der Waals surface area contributed by atoms with Crippen molar-refractivity contribution < 1.29 is 14.6 Å². The highest BCUT2D eigenvalue weighted by Crippen LogP contribution is 2.35. The number of benzene rings is 2. The maximum absolute atomic E-state index is 13.2. The summed E-state index contributed by atoms with van der Waals surface area (Å²) in [5.41, 5.74) is 0.546. The molecule has 5 rings (SSSR count). The van der Waals surface area contributed by atoms with E-state index in [2.05, 4.69) is 22.1 Å². The van der Waals surface area contributed by atoms with Gasteiger partial charge in [-0.1, -0.05) is 42.9 Å². The quantitative estimate of drug-likeness (QED) is 0.440. The zero-order valence-corrected chi connectivity index (χ0v) is 18.1. The zero-order chi connectivity index (χ0) is 22.1. The van der Waals surface area contributed by atoms with Crippen molar-refractivity contribution in [3.63, 3.8) is 0 Å². The van der Waals surface area contributed by atoms with Crippen LogP contribution in [0.15, 0.2) is 52.3 Å². The van der Waals surface area contributed by atoms with E-state index in [4.69, 9.17) is 9.47 Å². The molecule has 9 heteroatoms. The van der Waals surface area contributed by atoms with Gasteiger partial charge >= 0.3 is 0 Å². The van der Waals surface area contributed by atoms with E-state index in [1.807, 2.05) is 6.07 Å². The average Bonchev–Trinajstić information content (AvgIpc) is 3.46. The standard InChI is InChI=1S/C23H20N4O4S/c1-2-3-8-20-25-26-23(32-20)24-12-17-15-6-4-5-7-16(15)21(28)27(22(17)29)14-9-10-18-19(11-14)31-13-30-18/h4-7,9-12,29H,2-3,8,13H2,1H3. The minimum atomic E-state index is -0.341. The summed E-state index contributed by atoms with van der Waals surface area (Å²) in [5, 5.41) is 21.9. The minimum Gasteiger partial charge on any atom is -0.494 e. The van der Waals surface area contributed by atoms with Gasteiger partial charge in [0.05, 0.1) is 11.3 Å². The normalized spacial score (nSPS) is 12.8. The van der Waals surface area contributed by atoms with Crippen molar-refractivity contribution in [3.8, 4) is 23.1 Å². The molecule has 1 aliphatic rings. The third-order valence-electron chi connectivity index (χ3n) is 5.22. The summed E-state index contributed by atoms with van der Waals surface area (Å²) in [4.78, 5) is 17.7. The second-order valence-corrected chi connectivity index (χ2v) is 8.34. The molecule has 0 bridgehead atoms. The third kappa shape index (κ3) is 3.60. The SMILES string of the molecule is CCCCc1nnc(N=Cc2c(O)n(-c3ccc4c(c3)OCO4)c(=O)c3ccccc23)s1. The molecule has 0 amide bonds. The Kier molecular flexibility index (Phi) is 5.32. The predicted molar refractivity (Wildman–Crippen MR) is 123 cm³/mol. The van der Waals surface area contributed by atoms with E-state index < -0.39 is 0 Å². The Hall–Kier alpha value is -3.72. The van der Waals surface area contributed by atoms with E-state index in [1.54, 1.807) is 36.4 Å². The number of unbranched alkanes of at least 4 members (excludes halogenated alkanes) is 1. The minimum absolute atomic E-state index is 0.122. The maximum Gasteiger partial charge on any atom is 0.265 e. The number of hydrogen-bond donors (Lipinski definition) is 1. The first-order valence-corrected chi connectivity index (χ1v) is 11.1. The number of hydrogen-bond acceptors (Lipinski definition) is 8. The number of ether oxygens (including phenoxy) is 2. The fraction of sp³-hybridized carbons (Fsp3) is 0.217. The van der Waals surface area contributed by atoms with Crippen LogP contribution >= 0.6 is 11.3 Å². The Morgan fingerprint density at radius 2 is 1.97 bits per heavy atom. The Bertz CT molecular complexity index is 1390. The molecule has 0 fully saturated rings. The van der Waals surface area contributed by atoms with Crippen LogP contribution in [0, 0.1) is 0 Å². The maximum atomic E-state index is 13.2. The van der Waals surface area contributed by atoms with Crippen molar-refractivity contribution in [2.75, 3.05) is 6.79 Å². The number of nitrogens with zero attached hydrogens (tertiary/aromatic N) is 4. The van der Waals surface area contributed by atoms with Crippen LogP contribution < -0.4 is 15.0 Å². The molecule has 0 radical (unpaired) electrons. The number of fused-ring (bicyclic) bond motifs is 2. The molecule has 162 valence electrons. The van der Waals surface area contributed by atoms with Crippen molar-refractivity contribution in [2.45, 2.75) is 26.2 Å². The summed E-state index contributed by atoms with van der Waals surface area (Å²) in [6, 6.07) is 12.2. The number of aryl methyl sites for hydroxylation is 1. The lowest BCUT2D eigenvalue weighted by Gasteiger charge is -2.14. The average molecular weight is 449 g/mol. The molecule has 0 saturated heterocycles. The first-order valence-electron chi connectivity index (χ1n) is 10.3. The molecule has 1 N–H and O–H groups in total. The summed E-state index contributed by atoms with van der Waals surface area (Å²) < 4.78 is 12.0. The van der Waals surface area contributed by atoms with E-state index in [1.165, 1.54) is 22.1 Å². The molecule has 0 unspecified atom stereocenters. The van der Waals surface area contributed by atoms with Crippen molar-refractivity contribution in [3.05, 3.63) is 63.4 Å². The summed E-state index contributed by atoms with van der Waals surface area (Å²) >= 11 is 1.42. The monoisotopic (exact) mass is 448 g/mol. The van der Waals surface area contributed by atoms with Gasteiger partial charge in [-0.05, 0) is 24.6 Å². The molecule has 0 atom stereocenters. The van der Waals surface area contributed by atoms with Gasteiger partial charge in [-0.15, -0.1) is 10.2 Å². The smallest absolute Gasteiger partial charge is 0.265 e. The van der Waals surface area contributed by atoms with Crippen molar-refractivity contribution in [1.29, 1.82) is 0 Å². The number of aromatic nitrogens is 3. The lowest BCUT2D eigenvalue weighted by atomic mass is 10.1. The van der Waals surface area contributed by atoms with Crippen LogP contribution in [-0.2, 0) is 6.42 Å². The van der Waals surface area contributed by atoms with Crippen LogP contribution in [0.25, 0.3) is 16.5 Å². The second-order valence-electron chi connectivity index (χ2n) is 7.30. The predicted octanol–water partition coefficient (Wildman–Crippen LogP) is 4.37. The summed E-state index contributed by atoms with van der Waals surface area (Å²) in [5.74, 6) is 0.900. The molecule has 0 saturated carbocycles. The van der Waals surface area contributed by atoms with E-state index >= 15 is 0 Å². The fourth-order valence-electron chi connectivity index (χ4n) is 3.60. The number of rotatable bonds is 6. The Labute approximate surface area is 187 Å². The van der Waals surface area contributed by atoms with Gasteiger partial charge < -0.3 is 14.6 Å². The van der Waals surface area contributed by atoms with E-state index in [0.29, 0.717) is 38.7 Å². The van der Waals surface area contributed by atoms with Crippen LogP contribution in [0.4, 0.5) is 5.13 Å². The van der Waals surface area contributed by atoms with Gasteiger partial charge in [-0.3, -0.25) is 4.79 Å². The van der Waals surface area contributed by atoms with Gasteiger partial charge in [0.25, 0.3) is 5.56 Å². The van der Waals surface area contributed by atoms with Gasteiger partial charge in [0, 0.05) is 29.5 Å². The molecule has 4 aromatic rings. The molecule has 2 aromatic carbocycles. The number of pyridine rings is 1. The van der Waals surface area contributed by atoms with Crippen LogP contribution in [0.2, 0.25) is 0 Å².